The zero-order valence-corrected chi connectivity index (χ0v) is 12.6. The van der Waals surface area contributed by atoms with E-state index in [0.717, 1.165) is 12.2 Å². The number of carbonyl (C=O) groups excluding carboxylic acids is 1. The van der Waals surface area contributed by atoms with Gasteiger partial charge < -0.3 is 15.0 Å². The first kappa shape index (κ1) is 14.9. The van der Waals surface area contributed by atoms with E-state index in [9.17, 15) is 4.79 Å². The summed E-state index contributed by atoms with van der Waals surface area (Å²) in [7, 11) is 3.58. The van der Waals surface area contributed by atoms with Crippen molar-refractivity contribution >= 4 is 11.7 Å². The number of carbonyl (C=O) groups is 1. The van der Waals surface area contributed by atoms with E-state index in [1.54, 1.807) is 6.07 Å². The number of ether oxygens (including phenoxy) is 1. The van der Waals surface area contributed by atoms with Crippen molar-refractivity contribution in [2.24, 2.45) is 5.92 Å². The van der Waals surface area contributed by atoms with Crippen molar-refractivity contribution in [3.8, 4) is 0 Å². The second kappa shape index (κ2) is 6.75. The number of likely N-dealkylation sites (tertiary alicyclic amines) is 1. The van der Waals surface area contributed by atoms with E-state index in [2.05, 4.69) is 24.2 Å². The van der Waals surface area contributed by atoms with Gasteiger partial charge in [-0.25, -0.2) is 4.79 Å². The third-order valence-electron chi connectivity index (χ3n) is 4.05. The van der Waals surface area contributed by atoms with Crippen molar-refractivity contribution in [3.05, 3.63) is 29.8 Å². The van der Waals surface area contributed by atoms with Gasteiger partial charge in [-0.3, -0.25) is 0 Å². The number of rotatable bonds is 4. The lowest BCUT2D eigenvalue weighted by Gasteiger charge is -2.34. The van der Waals surface area contributed by atoms with Gasteiger partial charge in [0.1, 0.15) is 0 Å². The van der Waals surface area contributed by atoms with E-state index in [1.165, 1.54) is 26.5 Å². The lowest BCUT2D eigenvalue weighted by molar-refractivity contribution is 0.0601. The number of piperidine rings is 1. The number of anilines is 1. The van der Waals surface area contributed by atoms with E-state index in [1.807, 2.05) is 18.2 Å². The number of hydrogen-bond donors (Lipinski definition) is 1. The minimum absolute atomic E-state index is 0.293. The lowest BCUT2D eigenvalue weighted by Crippen LogP contribution is -2.39. The van der Waals surface area contributed by atoms with Crippen LogP contribution in [0.15, 0.2) is 24.3 Å². The van der Waals surface area contributed by atoms with E-state index in [0.29, 0.717) is 17.5 Å². The highest BCUT2D eigenvalue weighted by molar-refractivity contribution is 5.90. The Morgan fingerprint density at radius 3 is 3.00 bits per heavy atom. The van der Waals surface area contributed by atoms with Crippen LogP contribution in [0.3, 0.4) is 0 Å². The molecular weight excluding hydrogens is 252 g/mol. The van der Waals surface area contributed by atoms with Crippen molar-refractivity contribution in [1.29, 1.82) is 0 Å². The maximum Gasteiger partial charge on any atom is 0.337 e. The molecule has 1 N–H and O–H groups in total. The van der Waals surface area contributed by atoms with Crippen LogP contribution in [0, 0.1) is 5.92 Å². The molecule has 0 saturated carbocycles. The standard InChI is InChI=1S/C16H24N2O2/c1-12(14-7-5-9-18(2)11-14)17-15-8-4-6-13(10-15)16(19)20-3/h4,6,8,10,12,14,17H,5,7,9,11H2,1-3H3. The van der Waals surface area contributed by atoms with Gasteiger partial charge in [-0.15, -0.1) is 0 Å². The SMILES string of the molecule is COC(=O)c1cccc(NC(C)C2CCCN(C)C2)c1. The van der Waals surface area contributed by atoms with E-state index >= 15 is 0 Å². The number of nitrogens with zero attached hydrogens (tertiary/aromatic N) is 1. The van der Waals surface area contributed by atoms with Crippen LogP contribution in [0.5, 0.6) is 0 Å². The van der Waals surface area contributed by atoms with Gasteiger partial charge in [0.2, 0.25) is 0 Å². The largest absolute Gasteiger partial charge is 0.465 e. The number of benzene rings is 1. The van der Waals surface area contributed by atoms with Gasteiger partial charge in [0, 0.05) is 18.3 Å². The molecule has 4 heteroatoms. The molecule has 110 valence electrons. The normalized spacial score (nSPS) is 21.2. The summed E-state index contributed by atoms with van der Waals surface area (Å²) in [5.74, 6) is 0.356. The van der Waals surface area contributed by atoms with Gasteiger partial charge >= 0.3 is 5.97 Å². The van der Waals surface area contributed by atoms with Crippen LogP contribution in [-0.4, -0.2) is 44.2 Å². The minimum atomic E-state index is -0.293. The van der Waals surface area contributed by atoms with E-state index in [-0.39, 0.29) is 5.97 Å². The van der Waals surface area contributed by atoms with Crippen LogP contribution in [0.4, 0.5) is 5.69 Å². The smallest absolute Gasteiger partial charge is 0.337 e. The van der Waals surface area contributed by atoms with Crippen LogP contribution < -0.4 is 5.32 Å². The molecule has 2 atom stereocenters. The maximum atomic E-state index is 11.5. The summed E-state index contributed by atoms with van der Waals surface area (Å²) < 4.78 is 4.75. The van der Waals surface area contributed by atoms with Crippen molar-refractivity contribution in [2.45, 2.75) is 25.8 Å². The molecule has 1 aromatic carbocycles. The lowest BCUT2D eigenvalue weighted by atomic mass is 9.91. The molecule has 1 aliphatic rings. The van der Waals surface area contributed by atoms with Crippen molar-refractivity contribution in [2.75, 3.05) is 32.6 Å². The monoisotopic (exact) mass is 276 g/mol. The van der Waals surface area contributed by atoms with Gasteiger partial charge in [-0.05, 0) is 57.5 Å². The Kier molecular flexibility index (Phi) is 5.01. The molecule has 1 aliphatic heterocycles. The molecule has 0 amide bonds. The summed E-state index contributed by atoms with van der Waals surface area (Å²) in [6.07, 6.45) is 2.52. The van der Waals surface area contributed by atoms with E-state index < -0.39 is 0 Å². The Bertz CT molecular complexity index is 462. The molecule has 2 rings (SSSR count). The van der Waals surface area contributed by atoms with Gasteiger partial charge in [0.05, 0.1) is 12.7 Å². The fraction of sp³-hybridized carbons (Fsp3) is 0.562. The molecule has 0 bridgehead atoms. The highest BCUT2D eigenvalue weighted by Crippen LogP contribution is 2.22. The van der Waals surface area contributed by atoms with Crippen LogP contribution in [0.1, 0.15) is 30.1 Å². The maximum absolute atomic E-state index is 11.5. The van der Waals surface area contributed by atoms with Crippen molar-refractivity contribution in [3.63, 3.8) is 0 Å². The number of hydrogen-bond acceptors (Lipinski definition) is 4. The Labute approximate surface area is 121 Å². The molecule has 1 heterocycles. The zero-order chi connectivity index (χ0) is 14.5. The molecule has 4 nitrogen and oxygen atoms in total. The summed E-state index contributed by atoms with van der Waals surface area (Å²) >= 11 is 0. The number of esters is 1. The first-order chi connectivity index (χ1) is 9.60. The molecular formula is C16H24N2O2. The minimum Gasteiger partial charge on any atom is -0.465 e. The van der Waals surface area contributed by atoms with Gasteiger partial charge in [0.25, 0.3) is 0 Å². The third kappa shape index (κ3) is 3.73. The van der Waals surface area contributed by atoms with Crippen molar-refractivity contribution < 1.29 is 9.53 Å². The first-order valence-corrected chi connectivity index (χ1v) is 7.23. The molecule has 0 aliphatic carbocycles. The fourth-order valence-electron chi connectivity index (χ4n) is 2.85. The molecule has 2 unspecified atom stereocenters. The summed E-state index contributed by atoms with van der Waals surface area (Å²) in [6, 6.07) is 7.90. The second-order valence-corrected chi connectivity index (χ2v) is 5.67. The average Bonchev–Trinajstić information content (AvgIpc) is 2.46. The van der Waals surface area contributed by atoms with Crippen LogP contribution in [0.25, 0.3) is 0 Å². The highest BCUT2D eigenvalue weighted by Gasteiger charge is 2.22. The molecule has 0 aromatic heterocycles. The second-order valence-electron chi connectivity index (χ2n) is 5.67. The third-order valence-corrected chi connectivity index (χ3v) is 4.05. The van der Waals surface area contributed by atoms with Crippen LogP contribution in [-0.2, 0) is 4.74 Å². The highest BCUT2D eigenvalue weighted by atomic mass is 16.5. The Balaban J connectivity index is 2.00. The predicted molar refractivity (Wildman–Crippen MR) is 81.1 cm³/mol. The quantitative estimate of drug-likeness (QED) is 0.858. The average molecular weight is 276 g/mol. The predicted octanol–water partition coefficient (Wildman–Crippen LogP) is 2.62. The Hall–Kier alpha value is -1.55. The first-order valence-electron chi connectivity index (χ1n) is 7.23. The summed E-state index contributed by atoms with van der Waals surface area (Å²) in [5.41, 5.74) is 1.57. The fourth-order valence-corrected chi connectivity index (χ4v) is 2.85. The molecule has 20 heavy (non-hydrogen) atoms. The van der Waals surface area contributed by atoms with Crippen molar-refractivity contribution in [1.82, 2.24) is 4.90 Å². The summed E-state index contributed by atoms with van der Waals surface area (Å²) in [6.45, 7) is 4.54. The summed E-state index contributed by atoms with van der Waals surface area (Å²) in [4.78, 5) is 13.9. The van der Waals surface area contributed by atoms with Crippen LogP contribution >= 0.6 is 0 Å². The molecule has 0 spiro atoms. The zero-order valence-electron chi connectivity index (χ0n) is 12.6. The summed E-state index contributed by atoms with van der Waals surface area (Å²) in [5, 5.41) is 3.52. The Morgan fingerprint density at radius 1 is 1.50 bits per heavy atom. The van der Waals surface area contributed by atoms with Gasteiger partial charge in [0.15, 0.2) is 0 Å². The van der Waals surface area contributed by atoms with E-state index in [4.69, 9.17) is 4.74 Å². The number of nitrogens with one attached hydrogen (secondary N) is 1. The topological polar surface area (TPSA) is 41.6 Å². The van der Waals surface area contributed by atoms with Gasteiger partial charge in [-0.2, -0.15) is 0 Å². The molecule has 0 radical (unpaired) electrons. The molecule has 1 saturated heterocycles. The Morgan fingerprint density at radius 2 is 2.30 bits per heavy atom. The molecule has 1 aromatic rings. The van der Waals surface area contributed by atoms with Crippen LogP contribution in [0.2, 0.25) is 0 Å². The molecule has 1 fully saturated rings. The number of methoxy groups -OCH3 is 1. The van der Waals surface area contributed by atoms with Gasteiger partial charge in [-0.1, -0.05) is 6.07 Å².